The summed E-state index contributed by atoms with van der Waals surface area (Å²) in [6.07, 6.45) is 4.55. The van der Waals surface area contributed by atoms with E-state index in [1.165, 1.54) is 6.33 Å². The molecule has 2 N–H and O–H groups in total. The number of imidazole rings is 1. The van der Waals surface area contributed by atoms with Gasteiger partial charge in [0.1, 0.15) is 0 Å². The maximum atomic E-state index is 10.8. The Morgan fingerprint density at radius 1 is 1.59 bits per heavy atom. The molecule has 7 heteroatoms. The van der Waals surface area contributed by atoms with E-state index in [-0.39, 0.29) is 11.9 Å². The van der Waals surface area contributed by atoms with Crippen molar-refractivity contribution in [3.8, 4) is 0 Å². The van der Waals surface area contributed by atoms with E-state index in [9.17, 15) is 10.1 Å². The molecular weight excluding hydrogens is 222 g/mol. The first-order valence-electron chi connectivity index (χ1n) is 5.81. The number of hydrogen-bond donors (Lipinski definition) is 2. The fourth-order valence-electron chi connectivity index (χ4n) is 2.07. The molecule has 1 aliphatic rings. The summed E-state index contributed by atoms with van der Waals surface area (Å²) in [5.41, 5.74) is 0. The van der Waals surface area contributed by atoms with Gasteiger partial charge in [-0.15, -0.1) is 0 Å². The molecule has 2 heterocycles. The Balaban J connectivity index is 2.11. The predicted octanol–water partition coefficient (Wildman–Crippen LogP) is 0.882. The molecule has 1 fully saturated rings. The van der Waals surface area contributed by atoms with Crippen molar-refractivity contribution in [2.24, 2.45) is 7.05 Å². The van der Waals surface area contributed by atoms with E-state index in [0.717, 1.165) is 32.4 Å². The molecule has 0 amide bonds. The summed E-state index contributed by atoms with van der Waals surface area (Å²) in [7, 11) is 1.76. The molecule has 0 bridgehead atoms. The van der Waals surface area contributed by atoms with E-state index in [4.69, 9.17) is 0 Å². The van der Waals surface area contributed by atoms with E-state index >= 15 is 0 Å². The lowest BCUT2D eigenvalue weighted by atomic mass is 10.1. The Morgan fingerprint density at radius 2 is 2.41 bits per heavy atom. The lowest BCUT2D eigenvalue weighted by molar-refractivity contribution is -0.388. The molecule has 7 nitrogen and oxygen atoms in total. The molecule has 94 valence electrons. The quantitative estimate of drug-likeness (QED) is 0.604. The number of anilines is 1. The molecule has 1 unspecified atom stereocenters. The first-order valence-corrected chi connectivity index (χ1v) is 5.81. The number of nitrogens with one attached hydrogen (secondary N) is 2. The molecule has 1 atom stereocenters. The van der Waals surface area contributed by atoms with Crippen LogP contribution >= 0.6 is 0 Å². The second-order valence-electron chi connectivity index (χ2n) is 4.31. The van der Waals surface area contributed by atoms with Gasteiger partial charge in [0.05, 0.1) is 0 Å². The largest absolute Gasteiger partial charge is 0.406 e. The first kappa shape index (κ1) is 11.8. The van der Waals surface area contributed by atoms with Crippen LogP contribution in [0.3, 0.4) is 0 Å². The fourth-order valence-corrected chi connectivity index (χ4v) is 2.07. The summed E-state index contributed by atoms with van der Waals surface area (Å²) >= 11 is 0. The summed E-state index contributed by atoms with van der Waals surface area (Å²) in [5, 5.41) is 17.4. The van der Waals surface area contributed by atoms with Gasteiger partial charge in [0.25, 0.3) is 0 Å². The van der Waals surface area contributed by atoms with Crippen molar-refractivity contribution < 1.29 is 4.92 Å². The Morgan fingerprint density at radius 3 is 3.18 bits per heavy atom. The van der Waals surface area contributed by atoms with Crippen molar-refractivity contribution >= 4 is 11.6 Å². The van der Waals surface area contributed by atoms with Crippen LogP contribution < -0.4 is 10.6 Å². The molecule has 2 rings (SSSR count). The molecule has 0 saturated carbocycles. The highest BCUT2D eigenvalue weighted by Gasteiger charge is 2.23. The highest BCUT2D eigenvalue weighted by Crippen LogP contribution is 2.23. The zero-order valence-corrected chi connectivity index (χ0v) is 9.85. The van der Waals surface area contributed by atoms with Crippen LogP contribution in [0.5, 0.6) is 0 Å². The van der Waals surface area contributed by atoms with Crippen LogP contribution in [0.15, 0.2) is 6.33 Å². The SMILES string of the molecule is Cn1cnc([N+](=O)[O-])c1NC1CCCNCC1. The highest BCUT2D eigenvalue weighted by molar-refractivity contribution is 5.52. The van der Waals surface area contributed by atoms with Crippen molar-refractivity contribution in [3.63, 3.8) is 0 Å². The van der Waals surface area contributed by atoms with Gasteiger partial charge in [0.2, 0.25) is 12.1 Å². The third-order valence-electron chi connectivity index (χ3n) is 3.01. The topological polar surface area (TPSA) is 85.0 Å². The van der Waals surface area contributed by atoms with E-state index in [2.05, 4.69) is 15.6 Å². The van der Waals surface area contributed by atoms with Gasteiger partial charge in [-0.1, -0.05) is 0 Å². The molecule has 0 radical (unpaired) electrons. The van der Waals surface area contributed by atoms with Gasteiger partial charge in [0.15, 0.2) is 0 Å². The van der Waals surface area contributed by atoms with Gasteiger partial charge in [-0.05, 0) is 42.3 Å². The van der Waals surface area contributed by atoms with Crippen molar-refractivity contribution in [2.75, 3.05) is 18.4 Å². The van der Waals surface area contributed by atoms with Crippen LogP contribution in [-0.2, 0) is 7.05 Å². The Hall–Kier alpha value is -1.63. The monoisotopic (exact) mass is 239 g/mol. The third kappa shape index (κ3) is 2.73. The molecule has 1 aromatic heterocycles. The van der Waals surface area contributed by atoms with Gasteiger partial charge >= 0.3 is 5.82 Å². The number of aryl methyl sites for hydroxylation is 1. The number of nitro groups is 1. The van der Waals surface area contributed by atoms with Crippen LogP contribution in [0.4, 0.5) is 11.6 Å². The average Bonchev–Trinajstić information content (AvgIpc) is 2.52. The molecule has 1 aliphatic heterocycles. The summed E-state index contributed by atoms with van der Waals surface area (Å²) < 4.78 is 1.66. The summed E-state index contributed by atoms with van der Waals surface area (Å²) in [5.74, 6) is 0.409. The number of aromatic nitrogens is 2. The van der Waals surface area contributed by atoms with Crippen LogP contribution in [0.25, 0.3) is 0 Å². The standard InChI is InChI=1S/C10H17N5O2/c1-14-7-12-9(15(16)17)10(14)13-8-3-2-5-11-6-4-8/h7-8,11,13H,2-6H2,1H3. The van der Waals surface area contributed by atoms with Crippen molar-refractivity contribution in [1.82, 2.24) is 14.9 Å². The second kappa shape index (κ2) is 5.13. The summed E-state index contributed by atoms with van der Waals surface area (Å²) in [6, 6.07) is 0.277. The Bertz CT molecular complexity index is 395. The Labute approximate surface area is 99.4 Å². The fraction of sp³-hybridized carbons (Fsp3) is 0.700. The summed E-state index contributed by atoms with van der Waals surface area (Å²) in [6.45, 7) is 1.97. The minimum atomic E-state index is -0.447. The third-order valence-corrected chi connectivity index (χ3v) is 3.01. The van der Waals surface area contributed by atoms with Gasteiger partial charge in [-0.25, -0.2) is 0 Å². The van der Waals surface area contributed by atoms with Gasteiger partial charge in [-0.2, -0.15) is 0 Å². The first-order chi connectivity index (χ1) is 8.18. The van der Waals surface area contributed by atoms with Gasteiger partial charge in [0, 0.05) is 13.1 Å². The van der Waals surface area contributed by atoms with Gasteiger partial charge < -0.3 is 20.7 Å². The zero-order chi connectivity index (χ0) is 12.3. The summed E-state index contributed by atoms with van der Waals surface area (Å²) in [4.78, 5) is 14.2. The molecular formula is C10H17N5O2. The van der Waals surface area contributed by atoms with Crippen molar-refractivity contribution in [1.29, 1.82) is 0 Å². The van der Waals surface area contributed by atoms with Crippen LogP contribution in [0, 0.1) is 10.1 Å². The van der Waals surface area contributed by atoms with Crippen LogP contribution in [-0.4, -0.2) is 33.6 Å². The normalized spacial score (nSPS) is 20.9. The number of rotatable bonds is 3. The molecule has 1 aromatic rings. The van der Waals surface area contributed by atoms with E-state index < -0.39 is 4.92 Å². The second-order valence-corrected chi connectivity index (χ2v) is 4.31. The highest BCUT2D eigenvalue weighted by atomic mass is 16.6. The van der Waals surface area contributed by atoms with Crippen LogP contribution in [0.2, 0.25) is 0 Å². The molecule has 0 aromatic carbocycles. The number of nitrogens with zero attached hydrogens (tertiary/aromatic N) is 3. The average molecular weight is 239 g/mol. The van der Waals surface area contributed by atoms with Gasteiger partial charge in [-0.3, -0.25) is 4.57 Å². The smallest absolute Gasteiger partial charge is 0.362 e. The van der Waals surface area contributed by atoms with E-state index in [1.807, 2.05) is 0 Å². The van der Waals surface area contributed by atoms with Crippen molar-refractivity contribution in [2.45, 2.75) is 25.3 Å². The maximum absolute atomic E-state index is 10.8. The molecule has 0 aliphatic carbocycles. The number of hydrogen-bond acceptors (Lipinski definition) is 5. The minimum absolute atomic E-state index is 0.0929. The molecule has 1 saturated heterocycles. The zero-order valence-electron chi connectivity index (χ0n) is 9.85. The maximum Gasteiger partial charge on any atom is 0.406 e. The van der Waals surface area contributed by atoms with E-state index in [0.29, 0.717) is 5.82 Å². The molecule has 0 spiro atoms. The minimum Gasteiger partial charge on any atom is -0.362 e. The van der Waals surface area contributed by atoms with Crippen molar-refractivity contribution in [3.05, 3.63) is 16.4 Å². The van der Waals surface area contributed by atoms with E-state index in [1.54, 1.807) is 11.6 Å². The lowest BCUT2D eigenvalue weighted by Crippen LogP contribution is -2.23. The van der Waals surface area contributed by atoms with Crippen LogP contribution in [0.1, 0.15) is 19.3 Å². The predicted molar refractivity (Wildman–Crippen MR) is 64.0 cm³/mol. The lowest BCUT2D eigenvalue weighted by Gasteiger charge is -2.16. The molecule has 17 heavy (non-hydrogen) atoms. The Kier molecular flexibility index (Phi) is 3.58.